The number of hydrogen-bond acceptors (Lipinski definition) is 5. The Labute approximate surface area is 163 Å². The van der Waals surface area contributed by atoms with Crippen LogP contribution in [0, 0.1) is 0 Å². The molecule has 1 aliphatic heterocycles. The van der Waals surface area contributed by atoms with Gasteiger partial charge in [-0.25, -0.2) is 9.78 Å². The Morgan fingerprint density at radius 2 is 2.04 bits per heavy atom. The summed E-state index contributed by atoms with van der Waals surface area (Å²) in [7, 11) is 0. The van der Waals surface area contributed by atoms with Crippen molar-refractivity contribution in [3.8, 4) is 0 Å². The number of fused-ring (bicyclic) bond motifs is 1. The van der Waals surface area contributed by atoms with Crippen molar-refractivity contribution in [3.63, 3.8) is 0 Å². The van der Waals surface area contributed by atoms with E-state index >= 15 is 0 Å². The molecule has 0 radical (unpaired) electrons. The monoisotopic (exact) mass is 374 g/mol. The highest BCUT2D eigenvalue weighted by Crippen LogP contribution is 2.22. The quantitative estimate of drug-likeness (QED) is 0.644. The van der Waals surface area contributed by atoms with Crippen LogP contribution in [0.2, 0.25) is 0 Å². The van der Waals surface area contributed by atoms with E-state index in [2.05, 4.69) is 62.6 Å². The number of nitrogens with zero attached hydrogens (tertiary/aromatic N) is 3. The number of carboxylic acids is 1. The molecule has 0 bridgehead atoms. The third-order valence-electron chi connectivity index (χ3n) is 4.97. The number of nitrogens with one attached hydrogen (secondary N) is 1. The Kier molecular flexibility index (Phi) is 5.30. The molecule has 0 saturated carbocycles. The van der Waals surface area contributed by atoms with Crippen molar-refractivity contribution in [1.29, 1.82) is 0 Å². The van der Waals surface area contributed by atoms with E-state index in [0.717, 1.165) is 32.1 Å². The summed E-state index contributed by atoms with van der Waals surface area (Å²) in [5.74, 6) is -0.286. The van der Waals surface area contributed by atoms with Gasteiger partial charge in [0.25, 0.3) is 0 Å². The van der Waals surface area contributed by atoms with Gasteiger partial charge in [0.15, 0.2) is 0 Å². The fourth-order valence-electron chi connectivity index (χ4n) is 3.63. The lowest BCUT2D eigenvalue weighted by atomic mass is 10.0. The molecule has 0 amide bonds. The molecule has 142 valence electrons. The lowest BCUT2D eigenvalue weighted by Gasteiger charge is -2.18. The summed E-state index contributed by atoms with van der Waals surface area (Å²) in [6, 6.07) is 15.3. The molecule has 1 aromatic heterocycles. The Morgan fingerprint density at radius 3 is 2.86 bits per heavy atom. The minimum Gasteiger partial charge on any atom is -0.478 e. The number of carbonyl (C=O) groups is 1. The normalized spacial score (nSPS) is 17.4. The first kappa shape index (κ1) is 18.1. The average molecular weight is 374 g/mol. The molecule has 2 heterocycles. The zero-order chi connectivity index (χ0) is 19.3. The number of rotatable bonds is 6. The van der Waals surface area contributed by atoms with Gasteiger partial charge in [0.1, 0.15) is 5.82 Å². The molecule has 3 aromatic rings. The highest BCUT2D eigenvalue weighted by molar-refractivity contribution is 5.85. The van der Waals surface area contributed by atoms with Crippen LogP contribution in [0.3, 0.4) is 0 Å². The molecule has 1 fully saturated rings. The number of likely N-dealkylation sites (tertiary alicyclic amines) is 1. The highest BCUT2D eigenvalue weighted by atomic mass is 16.4. The molecule has 0 spiro atoms. The van der Waals surface area contributed by atoms with E-state index < -0.39 is 5.97 Å². The number of hydrogen-bond donors (Lipinski definition) is 2. The van der Waals surface area contributed by atoms with Crippen LogP contribution in [0.25, 0.3) is 16.8 Å². The van der Waals surface area contributed by atoms with Crippen molar-refractivity contribution < 1.29 is 9.90 Å². The third-order valence-corrected chi connectivity index (χ3v) is 4.97. The van der Waals surface area contributed by atoms with E-state index in [4.69, 9.17) is 5.11 Å². The topological polar surface area (TPSA) is 78.3 Å². The van der Waals surface area contributed by atoms with Crippen molar-refractivity contribution in [2.24, 2.45) is 0 Å². The van der Waals surface area contributed by atoms with Crippen molar-refractivity contribution in [2.75, 3.05) is 18.4 Å². The maximum Gasteiger partial charge on any atom is 0.328 e. The molecule has 0 unspecified atom stereocenters. The zero-order valence-corrected chi connectivity index (χ0v) is 15.5. The van der Waals surface area contributed by atoms with E-state index in [1.165, 1.54) is 22.4 Å². The lowest BCUT2D eigenvalue weighted by molar-refractivity contribution is -0.131. The van der Waals surface area contributed by atoms with Gasteiger partial charge in [-0.1, -0.05) is 42.5 Å². The average Bonchev–Trinajstić information content (AvgIpc) is 3.14. The molecule has 28 heavy (non-hydrogen) atoms. The Morgan fingerprint density at radius 1 is 1.18 bits per heavy atom. The third kappa shape index (κ3) is 4.35. The second-order valence-corrected chi connectivity index (χ2v) is 7.00. The summed E-state index contributed by atoms with van der Waals surface area (Å²) in [6.45, 7) is 2.92. The number of carboxylic acid groups (broad SMARTS) is 1. The van der Waals surface area contributed by atoms with Gasteiger partial charge in [-0.3, -0.25) is 9.88 Å². The van der Waals surface area contributed by atoms with E-state index in [0.29, 0.717) is 17.6 Å². The van der Waals surface area contributed by atoms with Crippen molar-refractivity contribution in [2.45, 2.75) is 19.0 Å². The predicted octanol–water partition coefficient (Wildman–Crippen LogP) is 3.41. The first-order valence-corrected chi connectivity index (χ1v) is 9.36. The maximum atomic E-state index is 10.6. The van der Waals surface area contributed by atoms with Crippen LogP contribution < -0.4 is 5.32 Å². The largest absolute Gasteiger partial charge is 0.478 e. The SMILES string of the molecule is O=C(O)C=Cc1cnc(N[C@@H]2CCN(Cc3cccc4ccccc34)C2)cn1. The van der Waals surface area contributed by atoms with Gasteiger partial charge in [-0.15, -0.1) is 0 Å². The first-order chi connectivity index (χ1) is 13.7. The smallest absolute Gasteiger partial charge is 0.328 e. The molecular formula is C22H22N4O2. The Bertz CT molecular complexity index is 996. The summed E-state index contributed by atoms with van der Waals surface area (Å²) in [5.41, 5.74) is 1.88. The van der Waals surface area contributed by atoms with Crippen molar-refractivity contribution in [1.82, 2.24) is 14.9 Å². The number of aliphatic carboxylic acids is 1. The van der Waals surface area contributed by atoms with Gasteiger partial charge >= 0.3 is 5.97 Å². The van der Waals surface area contributed by atoms with Crippen LogP contribution in [0.4, 0.5) is 5.82 Å². The first-order valence-electron chi connectivity index (χ1n) is 9.36. The van der Waals surface area contributed by atoms with Crippen LogP contribution in [0.15, 0.2) is 60.9 Å². The van der Waals surface area contributed by atoms with E-state index in [1.807, 2.05) is 0 Å². The van der Waals surface area contributed by atoms with E-state index in [1.54, 1.807) is 12.4 Å². The summed E-state index contributed by atoms with van der Waals surface area (Å²) in [5, 5.41) is 14.7. The summed E-state index contributed by atoms with van der Waals surface area (Å²) >= 11 is 0. The molecular weight excluding hydrogens is 352 g/mol. The molecule has 1 atom stereocenters. The summed E-state index contributed by atoms with van der Waals surface area (Å²) in [6.07, 6.45) is 6.76. The zero-order valence-electron chi connectivity index (χ0n) is 15.5. The van der Waals surface area contributed by atoms with E-state index in [9.17, 15) is 4.79 Å². The summed E-state index contributed by atoms with van der Waals surface area (Å²) in [4.78, 5) is 21.6. The second-order valence-electron chi connectivity index (χ2n) is 7.00. The molecule has 6 heteroatoms. The van der Waals surface area contributed by atoms with Gasteiger partial charge in [0.05, 0.1) is 18.1 Å². The molecule has 0 aliphatic carbocycles. The van der Waals surface area contributed by atoms with Crippen LogP contribution in [0.1, 0.15) is 17.7 Å². The van der Waals surface area contributed by atoms with Crippen LogP contribution in [-0.4, -0.2) is 45.1 Å². The van der Waals surface area contributed by atoms with Crippen molar-refractivity contribution >= 4 is 28.6 Å². The predicted molar refractivity (Wildman–Crippen MR) is 110 cm³/mol. The minimum atomic E-state index is -0.999. The molecule has 6 nitrogen and oxygen atoms in total. The Hall–Kier alpha value is -3.25. The van der Waals surface area contributed by atoms with Gasteiger partial charge < -0.3 is 10.4 Å². The number of benzene rings is 2. The summed E-state index contributed by atoms with van der Waals surface area (Å²) < 4.78 is 0. The van der Waals surface area contributed by atoms with Crippen molar-refractivity contribution in [3.05, 3.63) is 72.2 Å². The van der Waals surface area contributed by atoms with Crippen LogP contribution >= 0.6 is 0 Å². The molecule has 4 rings (SSSR count). The fraction of sp³-hybridized carbons (Fsp3) is 0.227. The fourth-order valence-corrected chi connectivity index (χ4v) is 3.63. The van der Waals surface area contributed by atoms with Gasteiger partial charge in [-0.2, -0.15) is 0 Å². The standard InChI is InChI=1S/C22H22N4O2/c27-22(28)9-8-18-12-24-21(13-23-18)25-19-10-11-26(15-19)14-17-6-3-5-16-4-1-2-7-20(16)17/h1-9,12-13,19H,10-11,14-15H2,(H,24,25)(H,27,28)/t19-/m1/s1. The van der Waals surface area contributed by atoms with Gasteiger partial charge in [0, 0.05) is 31.8 Å². The van der Waals surface area contributed by atoms with Crippen LogP contribution in [0.5, 0.6) is 0 Å². The number of anilines is 1. The number of aromatic nitrogens is 2. The minimum absolute atomic E-state index is 0.324. The Balaban J connectivity index is 1.36. The molecule has 1 saturated heterocycles. The second kappa shape index (κ2) is 8.19. The maximum absolute atomic E-state index is 10.6. The molecule has 2 aromatic carbocycles. The highest BCUT2D eigenvalue weighted by Gasteiger charge is 2.23. The van der Waals surface area contributed by atoms with Crippen LogP contribution in [-0.2, 0) is 11.3 Å². The lowest BCUT2D eigenvalue weighted by Crippen LogP contribution is -2.26. The van der Waals surface area contributed by atoms with Gasteiger partial charge in [0.2, 0.25) is 0 Å². The molecule has 1 aliphatic rings. The van der Waals surface area contributed by atoms with Gasteiger partial charge in [-0.05, 0) is 28.8 Å². The van der Waals surface area contributed by atoms with E-state index in [-0.39, 0.29) is 0 Å². The molecule has 2 N–H and O–H groups in total.